The van der Waals surface area contributed by atoms with Gasteiger partial charge in [0.2, 0.25) is 0 Å². The molecule has 4 heterocycles. The van der Waals surface area contributed by atoms with E-state index in [-0.39, 0.29) is 0 Å². The van der Waals surface area contributed by atoms with E-state index < -0.39 is 0 Å². The van der Waals surface area contributed by atoms with E-state index in [0.29, 0.717) is 0 Å². The first kappa shape index (κ1) is 16.9. The minimum Gasteiger partial charge on any atom is -0.354 e. The summed E-state index contributed by atoms with van der Waals surface area (Å²) in [5.74, 6) is 0. The number of H-pyrrole nitrogens is 4. The Kier molecular flexibility index (Phi) is 2.78. The SMILES string of the molecule is c1ccc2c(c1)[nH]c1ccc3[nH]c4cc5c(cc4c3c12)[nH]c1ccc2[nH]c3ccccc3c2c15. The zero-order chi connectivity index (χ0) is 22.0. The summed E-state index contributed by atoms with van der Waals surface area (Å²) in [6, 6.07) is 30.5. The van der Waals surface area contributed by atoms with Crippen LogP contribution >= 0.6 is 0 Å². The number of hydrogen-bond donors (Lipinski definition) is 4. The number of hydrogen-bond acceptors (Lipinski definition) is 0. The van der Waals surface area contributed by atoms with Crippen LogP contribution in [0.25, 0.3) is 87.2 Å². The lowest BCUT2D eigenvalue weighted by atomic mass is 10.0. The van der Waals surface area contributed by atoms with Crippen molar-refractivity contribution in [1.29, 1.82) is 0 Å². The van der Waals surface area contributed by atoms with Gasteiger partial charge in [0.1, 0.15) is 0 Å². The van der Waals surface area contributed by atoms with Crippen LogP contribution in [0.1, 0.15) is 0 Å². The molecule has 0 amide bonds. The molecule has 4 N–H and O–H groups in total. The maximum atomic E-state index is 3.71. The van der Waals surface area contributed by atoms with E-state index in [0.717, 1.165) is 11.0 Å². The van der Waals surface area contributed by atoms with E-state index in [9.17, 15) is 0 Å². The minimum atomic E-state index is 1.16. The fourth-order valence-corrected chi connectivity index (χ4v) is 6.16. The van der Waals surface area contributed by atoms with E-state index in [1.54, 1.807) is 0 Å². The number of fused-ring (bicyclic) bond motifs is 14. The van der Waals surface area contributed by atoms with Crippen molar-refractivity contribution in [3.63, 3.8) is 0 Å². The Balaban J connectivity index is 1.49. The Morgan fingerprint density at radius 2 is 0.647 bits per heavy atom. The summed E-state index contributed by atoms with van der Waals surface area (Å²) in [5.41, 5.74) is 9.36. The van der Waals surface area contributed by atoms with Crippen molar-refractivity contribution in [2.45, 2.75) is 0 Å². The second-order valence-electron chi connectivity index (χ2n) is 9.36. The fraction of sp³-hybridized carbons (Fsp3) is 0. The Labute approximate surface area is 192 Å². The van der Waals surface area contributed by atoms with Crippen molar-refractivity contribution in [2.75, 3.05) is 0 Å². The van der Waals surface area contributed by atoms with Gasteiger partial charge >= 0.3 is 0 Å². The Hall–Kier alpha value is -4.70. The lowest BCUT2D eigenvalue weighted by Crippen LogP contribution is -1.73. The number of rotatable bonds is 0. The van der Waals surface area contributed by atoms with Crippen LogP contribution in [0.4, 0.5) is 0 Å². The van der Waals surface area contributed by atoms with Crippen molar-refractivity contribution in [2.24, 2.45) is 0 Å². The summed E-state index contributed by atoms with van der Waals surface area (Å²) in [6.45, 7) is 0. The molecule has 4 aromatic heterocycles. The van der Waals surface area contributed by atoms with Gasteiger partial charge in [-0.1, -0.05) is 36.4 Å². The molecule has 34 heavy (non-hydrogen) atoms. The largest absolute Gasteiger partial charge is 0.354 e. The zero-order valence-corrected chi connectivity index (χ0v) is 18.1. The lowest BCUT2D eigenvalue weighted by Gasteiger charge is -1.98. The molecule has 0 radical (unpaired) electrons. The molecule has 0 unspecified atom stereocenters. The van der Waals surface area contributed by atoms with Crippen LogP contribution in [0.5, 0.6) is 0 Å². The van der Waals surface area contributed by atoms with Crippen molar-refractivity contribution in [3.8, 4) is 0 Å². The monoisotopic (exact) mass is 434 g/mol. The van der Waals surface area contributed by atoms with Crippen LogP contribution in [0.3, 0.4) is 0 Å². The summed E-state index contributed by atoms with van der Waals surface area (Å²) in [4.78, 5) is 14.6. The summed E-state index contributed by atoms with van der Waals surface area (Å²) >= 11 is 0. The van der Waals surface area contributed by atoms with Crippen molar-refractivity contribution in [3.05, 3.63) is 84.9 Å². The smallest absolute Gasteiger partial charge is 0.0472 e. The highest BCUT2D eigenvalue weighted by Gasteiger charge is 2.17. The Morgan fingerprint density at radius 3 is 1.09 bits per heavy atom. The topological polar surface area (TPSA) is 63.2 Å². The summed E-state index contributed by atoms with van der Waals surface area (Å²) in [7, 11) is 0. The highest BCUT2D eigenvalue weighted by Crippen LogP contribution is 2.41. The third-order valence-electron chi connectivity index (χ3n) is 7.58. The normalized spacial score (nSPS) is 12.7. The van der Waals surface area contributed by atoms with E-state index in [4.69, 9.17) is 0 Å². The summed E-state index contributed by atoms with van der Waals surface area (Å²) in [5, 5.41) is 10.2. The first-order valence-electron chi connectivity index (χ1n) is 11.6. The molecule has 0 bridgehead atoms. The average molecular weight is 435 g/mol. The Morgan fingerprint density at radius 1 is 0.294 bits per heavy atom. The van der Waals surface area contributed by atoms with E-state index in [2.05, 4.69) is 105 Å². The molecule has 0 atom stereocenters. The van der Waals surface area contributed by atoms with Crippen LogP contribution < -0.4 is 0 Å². The van der Waals surface area contributed by atoms with Gasteiger partial charge in [-0.25, -0.2) is 0 Å². The van der Waals surface area contributed by atoms with E-state index in [1.807, 2.05) is 0 Å². The molecule has 9 rings (SSSR count). The molecule has 0 aliphatic carbocycles. The zero-order valence-electron chi connectivity index (χ0n) is 18.1. The molecule has 0 fully saturated rings. The maximum absolute atomic E-state index is 3.71. The molecule has 4 heteroatoms. The molecule has 5 aromatic carbocycles. The Bertz CT molecular complexity index is 2120. The minimum absolute atomic E-state index is 1.16. The highest BCUT2D eigenvalue weighted by atomic mass is 14.8. The predicted molar refractivity (Wildman–Crippen MR) is 144 cm³/mol. The number of nitrogens with one attached hydrogen (secondary N) is 4. The molecule has 0 aliphatic rings. The second-order valence-corrected chi connectivity index (χ2v) is 9.36. The molecule has 0 aliphatic heterocycles. The van der Waals surface area contributed by atoms with Gasteiger partial charge in [0.15, 0.2) is 0 Å². The van der Waals surface area contributed by atoms with Gasteiger partial charge in [-0.05, 0) is 48.5 Å². The van der Waals surface area contributed by atoms with Crippen LogP contribution in [0, 0.1) is 0 Å². The highest BCUT2D eigenvalue weighted by molar-refractivity contribution is 6.32. The molecular weight excluding hydrogens is 416 g/mol. The first-order valence-corrected chi connectivity index (χ1v) is 11.6. The quantitative estimate of drug-likeness (QED) is 0.186. The molecule has 0 saturated heterocycles. The molecular formula is C30H18N4. The van der Waals surface area contributed by atoms with Crippen LogP contribution in [0.15, 0.2) is 84.9 Å². The first-order chi connectivity index (χ1) is 16.8. The fourth-order valence-electron chi connectivity index (χ4n) is 6.16. The molecule has 9 aromatic rings. The van der Waals surface area contributed by atoms with Gasteiger partial charge in [-0.15, -0.1) is 0 Å². The lowest BCUT2D eigenvalue weighted by molar-refractivity contribution is 1.53. The van der Waals surface area contributed by atoms with Crippen molar-refractivity contribution in [1.82, 2.24) is 19.9 Å². The van der Waals surface area contributed by atoms with Gasteiger partial charge in [-0.2, -0.15) is 0 Å². The number of benzene rings is 5. The third-order valence-corrected chi connectivity index (χ3v) is 7.58. The van der Waals surface area contributed by atoms with Crippen molar-refractivity contribution < 1.29 is 0 Å². The standard InChI is InChI=1S/C30H18N4/c1-3-7-19-15(5-1)27-21(31-19)9-11-23-29(27)17-13-26-18(14-25(17)33-23)30-24(34-26)12-10-22-28(30)16-6-2-4-8-20(16)32-22/h1-14,31-34H. The maximum Gasteiger partial charge on any atom is 0.0472 e. The molecule has 0 saturated carbocycles. The molecule has 158 valence electrons. The van der Waals surface area contributed by atoms with Gasteiger partial charge in [0.05, 0.1) is 0 Å². The number of aromatic amines is 4. The number of aromatic nitrogens is 4. The second kappa shape index (κ2) is 5.61. The van der Waals surface area contributed by atoms with Crippen LogP contribution in [-0.2, 0) is 0 Å². The van der Waals surface area contributed by atoms with Crippen molar-refractivity contribution >= 4 is 87.2 Å². The van der Waals surface area contributed by atoms with Gasteiger partial charge < -0.3 is 19.9 Å². The van der Waals surface area contributed by atoms with Crippen LogP contribution in [-0.4, -0.2) is 19.9 Å². The van der Waals surface area contributed by atoms with E-state index in [1.165, 1.54) is 76.2 Å². The van der Waals surface area contributed by atoms with Crippen LogP contribution in [0.2, 0.25) is 0 Å². The van der Waals surface area contributed by atoms with Gasteiger partial charge in [-0.3, -0.25) is 0 Å². The summed E-state index contributed by atoms with van der Waals surface area (Å²) < 4.78 is 0. The molecule has 0 spiro atoms. The average Bonchev–Trinajstić information content (AvgIpc) is 3.60. The van der Waals surface area contributed by atoms with E-state index >= 15 is 0 Å². The summed E-state index contributed by atoms with van der Waals surface area (Å²) in [6.07, 6.45) is 0. The van der Waals surface area contributed by atoms with Gasteiger partial charge in [0, 0.05) is 87.2 Å². The molecule has 4 nitrogen and oxygen atoms in total. The third kappa shape index (κ3) is 1.92. The predicted octanol–water partition coefficient (Wildman–Crippen LogP) is 8.22. The number of para-hydroxylation sites is 2. The van der Waals surface area contributed by atoms with Gasteiger partial charge in [0.25, 0.3) is 0 Å².